The first kappa shape index (κ1) is 7.80. The van der Waals surface area contributed by atoms with Crippen LogP contribution in [0.15, 0.2) is 22.4 Å². The summed E-state index contributed by atoms with van der Waals surface area (Å²) in [6, 6.07) is 0. The van der Waals surface area contributed by atoms with E-state index in [2.05, 4.69) is 33.0 Å². The fourth-order valence-corrected chi connectivity index (χ4v) is 3.34. The van der Waals surface area contributed by atoms with E-state index in [0.717, 1.165) is 0 Å². The molecule has 0 aliphatic heterocycles. The third kappa shape index (κ3) is 1.40. The third-order valence-corrected chi connectivity index (χ3v) is 4.19. The highest BCUT2D eigenvalue weighted by atomic mass is 28.3. The molecule has 0 aromatic heterocycles. The quantitative estimate of drug-likeness (QED) is 0.507. The lowest BCUT2D eigenvalue weighted by atomic mass is 10.3. The van der Waals surface area contributed by atoms with Crippen molar-refractivity contribution in [1.82, 2.24) is 0 Å². The van der Waals surface area contributed by atoms with E-state index in [-0.39, 0.29) is 0 Å². The number of rotatable bonds is 1. The minimum Gasteiger partial charge on any atom is -0.0778 e. The zero-order valence-corrected chi connectivity index (χ0v) is 8.52. The largest absolute Gasteiger partial charge is 0.0778 e. The lowest BCUT2D eigenvalue weighted by Crippen LogP contribution is -2.05. The molecule has 0 saturated heterocycles. The standard InChI is InChI=1S/C9H16Si/c1-7-5-8(2)9(6-7)10(3)4/h5,10H,6H2,1-4H3. The first-order valence-electron chi connectivity index (χ1n) is 3.98. The molecule has 1 aliphatic rings. The van der Waals surface area contributed by atoms with Gasteiger partial charge < -0.3 is 0 Å². The highest BCUT2D eigenvalue weighted by Crippen LogP contribution is 2.26. The molecule has 0 heterocycles. The van der Waals surface area contributed by atoms with Gasteiger partial charge in [-0.25, -0.2) is 0 Å². The van der Waals surface area contributed by atoms with E-state index in [1.54, 1.807) is 16.3 Å². The molecule has 0 atom stereocenters. The van der Waals surface area contributed by atoms with Gasteiger partial charge in [-0.3, -0.25) is 0 Å². The minimum atomic E-state index is -0.492. The number of hydrogen-bond donors (Lipinski definition) is 0. The van der Waals surface area contributed by atoms with E-state index in [9.17, 15) is 0 Å². The Hall–Kier alpha value is -0.303. The number of hydrogen-bond acceptors (Lipinski definition) is 0. The fourth-order valence-electron chi connectivity index (χ4n) is 1.61. The Morgan fingerprint density at radius 1 is 1.30 bits per heavy atom. The predicted molar refractivity (Wildman–Crippen MR) is 50.0 cm³/mol. The van der Waals surface area contributed by atoms with Crippen molar-refractivity contribution in [3.8, 4) is 0 Å². The van der Waals surface area contributed by atoms with Crippen LogP contribution in [0.1, 0.15) is 20.3 Å². The summed E-state index contributed by atoms with van der Waals surface area (Å²) >= 11 is 0. The van der Waals surface area contributed by atoms with Crippen LogP contribution in [0.2, 0.25) is 13.1 Å². The second kappa shape index (κ2) is 2.75. The van der Waals surface area contributed by atoms with Crippen molar-refractivity contribution in [1.29, 1.82) is 0 Å². The maximum atomic E-state index is 2.41. The Morgan fingerprint density at radius 2 is 1.90 bits per heavy atom. The molecular formula is C9H16Si. The number of allylic oxidation sites excluding steroid dienone is 4. The van der Waals surface area contributed by atoms with Crippen LogP contribution in [0.5, 0.6) is 0 Å². The van der Waals surface area contributed by atoms with Crippen LogP contribution in [0.3, 0.4) is 0 Å². The van der Waals surface area contributed by atoms with Crippen molar-refractivity contribution in [2.75, 3.05) is 0 Å². The summed E-state index contributed by atoms with van der Waals surface area (Å²) in [7, 11) is -0.492. The molecule has 0 aromatic carbocycles. The van der Waals surface area contributed by atoms with Crippen molar-refractivity contribution in [2.24, 2.45) is 0 Å². The Kier molecular flexibility index (Phi) is 2.14. The van der Waals surface area contributed by atoms with Gasteiger partial charge in [0.05, 0.1) is 8.80 Å². The molecule has 0 saturated carbocycles. The van der Waals surface area contributed by atoms with Crippen LogP contribution < -0.4 is 0 Å². The smallest absolute Gasteiger partial charge is 0.0603 e. The molecule has 1 heteroatoms. The summed E-state index contributed by atoms with van der Waals surface area (Å²) < 4.78 is 0. The van der Waals surface area contributed by atoms with E-state index in [1.807, 2.05) is 0 Å². The van der Waals surface area contributed by atoms with Gasteiger partial charge in [0.1, 0.15) is 0 Å². The monoisotopic (exact) mass is 152 g/mol. The molecule has 0 aromatic rings. The molecule has 10 heavy (non-hydrogen) atoms. The highest BCUT2D eigenvalue weighted by molar-refractivity contribution is 6.64. The summed E-state index contributed by atoms with van der Waals surface area (Å²) in [5.74, 6) is 0. The van der Waals surface area contributed by atoms with E-state index in [1.165, 1.54) is 6.42 Å². The van der Waals surface area contributed by atoms with Crippen LogP contribution in [-0.4, -0.2) is 8.80 Å². The second-order valence-electron chi connectivity index (χ2n) is 3.53. The summed E-state index contributed by atoms with van der Waals surface area (Å²) in [5, 5.41) is 1.76. The zero-order chi connectivity index (χ0) is 7.72. The van der Waals surface area contributed by atoms with Gasteiger partial charge in [0.15, 0.2) is 0 Å². The van der Waals surface area contributed by atoms with E-state index >= 15 is 0 Å². The molecule has 0 nitrogen and oxygen atoms in total. The first-order chi connectivity index (χ1) is 4.61. The van der Waals surface area contributed by atoms with Gasteiger partial charge in [-0.05, 0) is 20.3 Å². The summed E-state index contributed by atoms with van der Waals surface area (Å²) in [6.45, 7) is 9.29. The van der Waals surface area contributed by atoms with E-state index < -0.39 is 8.80 Å². The molecule has 1 aliphatic carbocycles. The average molecular weight is 152 g/mol. The molecule has 0 fully saturated rings. The average Bonchev–Trinajstić information content (AvgIpc) is 2.10. The maximum Gasteiger partial charge on any atom is 0.0603 e. The molecule has 0 spiro atoms. The Morgan fingerprint density at radius 3 is 2.10 bits per heavy atom. The van der Waals surface area contributed by atoms with Gasteiger partial charge in [-0.1, -0.05) is 35.5 Å². The summed E-state index contributed by atoms with van der Waals surface area (Å²) in [6.07, 6.45) is 3.61. The Labute approximate surface area is 65.3 Å². The highest BCUT2D eigenvalue weighted by Gasteiger charge is 2.12. The van der Waals surface area contributed by atoms with Gasteiger partial charge in [-0.2, -0.15) is 0 Å². The maximum absolute atomic E-state index is 2.41. The third-order valence-electron chi connectivity index (χ3n) is 2.14. The molecular weight excluding hydrogens is 136 g/mol. The topological polar surface area (TPSA) is 0 Å². The molecule has 0 N–H and O–H groups in total. The minimum absolute atomic E-state index is 0.492. The molecule has 0 amide bonds. The lowest BCUT2D eigenvalue weighted by Gasteiger charge is -2.06. The van der Waals surface area contributed by atoms with Crippen LogP contribution in [0.25, 0.3) is 0 Å². The summed E-state index contributed by atoms with van der Waals surface area (Å²) in [5.41, 5.74) is 3.10. The SMILES string of the molecule is CC1=CC(C)=C([SiH](C)C)C1. The summed E-state index contributed by atoms with van der Waals surface area (Å²) in [4.78, 5) is 0. The molecule has 0 bridgehead atoms. The van der Waals surface area contributed by atoms with Crippen molar-refractivity contribution in [2.45, 2.75) is 33.4 Å². The molecule has 56 valence electrons. The van der Waals surface area contributed by atoms with Gasteiger partial charge >= 0.3 is 0 Å². The van der Waals surface area contributed by atoms with Crippen LogP contribution in [-0.2, 0) is 0 Å². The second-order valence-corrected chi connectivity index (χ2v) is 6.54. The van der Waals surface area contributed by atoms with Crippen molar-refractivity contribution in [3.63, 3.8) is 0 Å². The Bertz CT molecular complexity index is 197. The Balaban J connectivity index is 2.76. The fraction of sp³-hybridized carbons (Fsp3) is 0.556. The van der Waals surface area contributed by atoms with Gasteiger partial charge in [0, 0.05) is 0 Å². The van der Waals surface area contributed by atoms with Crippen LogP contribution in [0, 0.1) is 0 Å². The van der Waals surface area contributed by atoms with Crippen molar-refractivity contribution in [3.05, 3.63) is 22.4 Å². The first-order valence-corrected chi connectivity index (χ1v) is 6.86. The van der Waals surface area contributed by atoms with Crippen LogP contribution in [0.4, 0.5) is 0 Å². The normalized spacial score (nSPS) is 18.7. The van der Waals surface area contributed by atoms with Crippen LogP contribution >= 0.6 is 0 Å². The van der Waals surface area contributed by atoms with E-state index in [0.29, 0.717) is 0 Å². The molecule has 1 rings (SSSR count). The van der Waals surface area contributed by atoms with Gasteiger partial charge in [0.2, 0.25) is 0 Å². The van der Waals surface area contributed by atoms with Gasteiger partial charge in [-0.15, -0.1) is 0 Å². The van der Waals surface area contributed by atoms with Gasteiger partial charge in [0.25, 0.3) is 0 Å². The van der Waals surface area contributed by atoms with Crippen molar-refractivity contribution < 1.29 is 0 Å². The predicted octanol–water partition coefficient (Wildman–Crippen LogP) is 2.68. The van der Waals surface area contributed by atoms with Crippen molar-refractivity contribution >= 4 is 8.80 Å². The van der Waals surface area contributed by atoms with E-state index in [4.69, 9.17) is 0 Å². The zero-order valence-electron chi connectivity index (χ0n) is 7.36. The lowest BCUT2D eigenvalue weighted by molar-refractivity contribution is 1.22. The molecule has 0 radical (unpaired) electrons. The molecule has 0 unspecified atom stereocenters.